The molecule has 8 nitrogen and oxygen atoms in total. The van der Waals surface area contributed by atoms with Crippen LogP contribution in [0.1, 0.15) is 23.2 Å². The minimum atomic E-state index is -0.0852. The molecule has 1 atom stereocenters. The smallest absolute Gasteiger partial charge is 0.251 e. The molecular weight excluding hydrogens is 318 g/mol. The number of carbonyl (C=O) groups is 1. The highest BCUT2D eigenvalue weighted by Gasteiger charge is 2.22. The first kappa shape index (κ1) is 15.5. The summed E-state index contributed by atoms with van der Waals surface area (Å²) in [6.45, 7) is 2.45. The van der Waals surface area contributed by atoms with Gasteiger partial charge in [-0.3, -0.25) is 4.79 Å². The molecule has 1 saturated heterocycles. The second-order valence-corrected chi connectivity index (χ2v) is 6.24. The molecule has 1 amide bonds. The zero-order valence-corrected chi connectivity index (χ0v) is 13.7. The topological polar surface area (TPSA) is 99.7 Å². The molecule has 0 unspecified atom stereocenters. The van der Waals surface area contributed by atoms with E-state index in [1.54, 1.807) is 30.6 Å². The predicted octanol–water partition coefficient (Wildman–Crippen LogP) is 1.39. The highest BCUT2D eigenvalue weighted by Crippen LogP contribution is 2.19. The summed E-state index contributed by atoms with van der Waals surface area (Å²) >= 11 is 0. The second kappa shape index (κ2) is 6.84. The Kier molecular flexibility index (Phi) is 4.24. The van der Waals surface area contributed by atoms with Gasteiger partial charge in [0.25, 0.3) is 5.91 Å². The van der Waals surface area contributed by atoms with E-state index in [1.165, 1.54) is 0 Å². The molecule has 1 aliphatic rings. The molecule has 4 rings (SSSR count). The van der Waals surface area contributed by atoms with Gasteiger partial charge in [0.2, 0.25) is 5.95 Å². The molecule has 0 spiro atoms. The number of hydrogen-bond acceptors (Lipinski definition) is 6. The molecule has 0 aliphatic carbocycles. The highest BCUT2D eigenvalue weighted by molar-refractivity contribution is 5.97. The third-order valence-electron chi connectivity index (χ3n) is 4.48. The molecule has 1 aromatic carbocycles. The number of fused-ring (bicyclic) bond motifs is 1. The number of amides is 1. The van der Waals surface area contributed by atoms with E-state index in [9.17, 15) is 4.79 Å². The molecule has 1 fully saturated rings. The van der Waals surface area contributed by atoms with Crippen molar-refractivity contribution in [3.63, 3.8) is 0 Å². The third kappa shape index (κ3) is 3.42. The number of piperidine rings is 1. The molecule has 25 heavy (non-hydrogen) atoms. The lowest BCUT2D eigenvalue weighted by Crippen LogP contribution is -2.41. The fraction of sp³-hybridized carbons (Fsp3) is 0.353. The summed E-state index contributed by atoms with van der Waals surface area (Å²) in [6, 6.07) is 7.13. The van der Waals surface area contributed by atoms with Gasteiger partial charge in [0.1, 0.15) is 11.0 Å². The summed E-state index contributed by atoms with van der Waals surface area (Å²) in [5, 5.41) is 13.6. The first-order chi connectivity index (χ1) is 12.3. The molecule has 128 valence electrons. The van der Waals surface area contributed by atoms with E-state index in [2.05, 4.69) is 35.6 Å². The number of carbonyl (C=O) groups excluding carboxylic acids is 1. The monoisotopic (exact) mass is 337 g/mol. The summed E-state index contributed by atoms with van der Waals surface area (Å²) in [5.41, 5.74) is 2.04. The Balaban J connectivity index is 1.36. The maximum absolute atomic E-state index is 12.4. The standard InChI is InChI=1S/C17H19N7O/c25-16(13-4-5-14-15(9-13)22-23-21-14)20-10-12-3-1-8-24(11-12)17-18-6-2-7-19-17/h2,4-7,9,12H,1,3,8,10-11H2,(H,20,25)(H,21,22,23)/t12-/m1/s1. The zero-order valence-electron chi connectivity index (χ0n) is 13.7. The van der Waals surface area contributed by atoms with Gasteiger partial charge in [0.15, 0.2) is 0 Å². The van der Waals surface area contributed by atoms with E-state index < -0.39 is 0 Å². The Bertz CT molecular complexity index is 864. The maximum atomic E-state index is 12.4. The SMILES string of the molecule is O=C(NC[C@H]1CCCN(c2ncccn2)C1)c1ccc2n[nH]nc2c1. The van der Waals surface area contributed by atoms with Gasteiger partial charge in [-0.25, -0.2) is 9.97 Å². The Morgan fingerprint density at radius 3 is 2.96 bits per heavy atom. The predicted molar refractivity (Wildman–Crippen MR) is 93.2 cm³/mol. The Morgan fingerprint density at radius 2 is 2.08 bits per heavy atom. The van der Waals surface area contributed by atoms with Crippen LogP contribution in [0, 0.1) is 5.92 Å². The van der Waals surface area contributed by atoms with Crippen molar-refractivity contribution in [2.24, 2.45) is 5.92 Å². The van der Waals surface area contributed by atoms with Crippen LogP contribution in [0.4, 0.5) is 5.95 Å². The van der Waals surface area contributed by atoms with Crippen molar-refractivity contribution in [1.82, 2.24) is 30.7 Å². The van der Waals surface area contributed by atoms with Crippen LogP contribution in [0.3, 0.4) is 0 Å². The highest BCUT2D eigenvalue weighted by atomic mass is 16.1. The van der Waals surface area contributed by atoms with Crippen LogP contribution in [-0.2, 0) is 0 Å². The fourth-order valence-corrected chi connectivity index (χ4v) is 3.19. The largest absolute Gasteiger partial charge is 0.352 e. The molecule has 2 N–H and O–H groups in total. The van der Waals surface area contributed by atoms with E-state index in [-0.39, 0.29) is 5.91 Å². The van der Waals surface area contributed by atoms with E-state index >= 15 is 0 Å². The molecule has 0 saturated carbocycles. The molecule has 8 heteroatoms. The third-order valence-corrected chi connectivity index (χ3v) is 4.48. The van der Waals surface area contributed by atoms with Gasteiger partial charge in [-0.1, -0.05) is 0 Å². The van der Waals surface area contributed by atoms with Crippen LogP contribution >= 0.6 is 0 Å². The van der Waals surface area contributed by atoms with Crippen molar-refractivity contribution in [1.29, 1.82) is 0 Å². The molecule has 2 aromatic heterocycles. The van der Waals surface area contributed by atoms with Crippen molar-refractivity contribution >= 4 is 22.9 Å². The lowest BCUT2D eigenvalue weighted by molar-refractivity contribution is 0.0945. The number of anilines is 1. The molecular formula is C17H19N7O. The fourth-order valence-electron chi connectivity index (χ4n) is 3.19. The quantitative estimate of drug-likeness (QED) is 0.746. The number of H-pyrrole nitrogens is 1. The lowest BCUT2D eigenvalue weighted by Gasteiger charge is -2.32. The number of aromatic nitrogens is 5. The summed E-state index contributed by atoms with van der Waals surface area (Å²) < 4.78 is 0. The van der Waals surface area contributed by atoms with Crippen molar-refractivity contribution in [3.8, 4) is 0 Å². The van der Waals surface area contributed by atoms with Crippen molar-refractivity contribution < 1.29 is 4.79 Å². The average molecular weight is 337 g/mol. The van der Waals surface area contributed by atoms with Crippen molar-refractivity contribution in [2.75, 3.05) is 24.5 Å². The van der Waals surface area contributed by atoms with E-state index in [1.807, 2.05) is 6.07 Å². The first-order valence-electron chi connectivity index (χ1n) is 8.40. The van der Waals surface area contributed by atoms with Gasteiger partial charge in [-0.05, 0) is 43.0 Å². The number of nitrogens with one attached hydrogen (secondary N) is 2. The van der Waals surface area contributed by atoms with Crippen molar-refractivity contribution in [3.05, 3.63) is 42.2 Å². The van der Waals surface area contributed by atoms with Crippen LogP contribution in [0.15, 0.2) is 36.7 Å². The number of nitrogens with zero attached hydrogens (tertiary/aromatic N) is 5. The molecule has 3 heterocycles. The molecule has 1 aliphatic heterocycles. The Labute approximate surface area is 144 Å². The number of rotatable bonds is 4. The number of hydrogen-bond donors (Lipinski definition) is 2. The van der Waals surface area contributed by atoms with Gasteiger partial charge in [0, 0.05) is 37.6 Å². The van der Waals surface area contributed by atoms with Crippen LogP contribution in [0.2, 0.25) is 0 Å². The lowest BCUT2D eigenvalue weighted by atomic mass is 9.98. The van der Waals surface area contributed by atoms with E-state index in [4.69, 9.17) is 0 Å². The van der Waals surface area contributed by atoms with E-state index in [0.717, 1.165) is 37.4 Å². The molecule has 0 bridgehead atoms. The summed E-state index contributed by atoms with van der Waals surface area (Å²) in [5.74, 6) is 1.06. The summed E-state index contributed by atoms with van der Waals surface area (Å²) in [7, 11) is 0. The maximum Gasteiger partial charge on any atom is 0.251 e. The normalized spacial score (nSPS) is 17.6. The van der Waals surface area contributed by atoms with Crippen LogP contribution in [0.25, 0.3) is 11.0 Å². The van der Waals surface area contributed by atoms with Crippen LogP contribution in [-0.4, -0.2) is 50.9 Å². The molecule has 3 aromatic rings. The minimum absolute atomic E-state index is 0.0852. The van der Waals surface area contributed by atoms with Gasteiger partial charge in [-0.2, -0.15) is 15.4 Å². The summed E-state index contributed by atoms with van der Waals surface area (Å²) in [6.07, 6.45) is 5.68. The zero-order chi connectivity index (χ0) is 17.1. The van der Waals surface area contributed by atoms with Gasteiger partial charge in [-0.15, -0.1) is 0 Å². The van der Waals surface area contributed by atoms with Gasteiger partial charge < -0.3 is 10.2 Å². The Hall–Kier alpha value is -3.03. The Morgan fingerprint density at radius 1 is 1.24 bits per heavy atom. The minimum Gasteiger partial charge on any atom is -0.352 e. The van der Waals surface area contributed by atoms with Crippen LogP contribution in [0.5, 0.6) is 0 Å². The first-order valence-corrected chi connectivity index (χ1v) is 8.40. The number of aromatic amines is 1. The van der Waals surface area contributed by atoms with Gasteiger partial charge in [0.05, 0.1) is 0 Å². The van der Waals surface area contributed by atoms with Gasteiger partial charge >= 0.3 is 0 Å². The molecule has 0 radical (unpaired) electrons. The van der Waals surface area contributed by atoms with Crippen molar-refractivity contribution in [2.45, 2.75) is 12.8 Å². The number of benzene rings is 1. The van der Waals surface area contributed by atoms with Crippen LogP contribution < -0.4 is 10.2 Å². The van der Waals surface area contributed by atoms with E-state index in [0.29, 0.717) is 23.5 Å². The summed E-state index contributed by atoms with van der Waals surface area (Å²) in [4.78, 5) is 23.2. The second-order valence-electron chi connectivity index (χ2n) is 6.24. The average Bonchev–Trinajstić information content (AvgIpc) is 3.15.